The Kier molecular flexibility index (Phi) is 29.3. The summed E-state index contributed by atoms with van der Waals surface area (Å²) in [6.07, 6.45) is 29.2. The third-order valence-electron chi connectivity index (χ3n) is 6.42. The molecule has 1 atom stereocenters. The first-order valence-corrected chi connectivity index (χ1v) is 16.0. The molecular formula is C29H60NO3P. The van der Waals surface area contributed by atoms with Crippen LogP contribution in [0.15, 0.2) is 12.2 Å². The average Bonchev–Trinajstić information content (AvgIpc) is 2.84. The fourth-order valence-corrected chi connectivity index (χ4v) is 4.74. The molecule has 0 aliphatic carbocycles. The minimum Gasteiger partial charge on any atom is -0.328 e. The van der Waals surface area contributed by atoms with E-state index in [1.54, 1.807) is 0 Å². The van der Waals surface area contributed by atoms with Gasteiger partial charge in [0.15, 0.2) is 0 Å². The van der Waals surface area contributed by atoms with Crippen LogP contribution in [0.2, 0.25) is 0 Å². The van der Waals surface area contributed by atoms with Gasteiger partial charge in [-0.1, -0.05) is 136 Å². The lowest BCUT2D eigenvalue weighted by molar-refractivity contribution is 0.210. The summed E-state index contributed by atoms with van der Waals surface area (Å²) in [6.45, 7) is 11.2. The molecule has 0 aromatic heterocycles. The third-order valence-corrected chi connectivity index (χ3v) is 7.19. The molecule has 0 saturated carbocycles. The van der Waals surface area contributed by atoms with Gasteiger partial charge in [-0.15, -0.1) is 0 Å². The molecule has 1 unspecified atom stereocenters. The first kappa shape index (κ1) is 34.0. The van der Waals surface area contributed by atoms with Crippen LogP contribution in [0.4, 0.5) is 0 Å². The molecule has 0 spiro atoms. The van der Waals surface area contributed by atoms with E-state index in [9.17, 15) is 4.89 Å². The second kappa shape index (κ2) is 29.2. The van der Waals surface area contributed by atoms with Gasteiger partial charge < -0.3 is 13.9 Å². The Morgan fingerprint density at radius 2 is 1.00 bits per heavy atom. The van der Waals surface area contributed by atoms with Crippen LogP contribution in [0.1, 0.15) is 143 Å². The molecule has 0 fully saturated rings. The first-order chi connectivity index (χ1) is 16.7. The third kappa shape index (κ3) is 26.6. The van der Waals surface area contributed by atoms with E-state index in [-0.39, 0.29) is 0 Å². The van der Waals surface area contributed by atoms with Crippen LogP contribution in [-0.4, -0.2) is 42.6 Å². The minimum absolute atomic E-state index is 0.432. The van der Waals surface area contributed by atoms with Crippen molar-refractivity contribution < 1.29 is 13.9 Å². The molecule has 0 amide bonds. The van der Waals surface area contributed by atoms with Gasteiger partial charge in [-0.05, 0) is 32.4 Å². The van der Waals surface area contributed by atoms with Gasteiger partial charge in [-0.3, -0.25) is 4.90 Å². The molecule has 204 valence electrons. The lowest BCUT2D eigenvalue weighted by Crippen LogP contribution is -2.26. The fourth-order valence-electron chi connectivity index (χ4n) is 4.16. The zero-order chi connectivity index (χ0) is 25.0. The highest BCUT2D eigenvalue weighted by Crippen LogP contribution is 2.32. The Hall–Kier alpha value is 0.0100. The van der Waals surface area contributed by atoms with Crippen molar-refractivity contribution in [3.63, 3.8) is 0 Å². The topological polar surface area (TPSA) is 41.9 Å². The van der Waals surface area contributed by atoms with Gasteiger partial charge in [0.1, 0.15) is 0 Å². The summed E-state index contributed by atoms with van der Waals surface area (Å²) in [5.41, 5.74) is 0. The molecule has 0 aliphatic heterocycles. The Morgan fingerprint density at radius 3 is 1.50 bits per heavy atom. The molecule has 0 heterocycles. The standard InChI is InChI=1S/C29H60NO3P/c1-4-7-10-13-16-19-23-28-32-34(31)33-29-24-22-27-30(25-20-17-14-11-8-5-2)26-21-18-15-12-9-6-3/h22,24,31H,4-21,23,25-29H2,1-3H3/b24-22-. The maximum atomic E-state index is 9.92. The number of hydrogen-bond donors (Lipinski definition) is 1. The molecule has 0 saturated heterocycles. The zero-order valence-electron chi connectivity index (χ0n) is 23.3. The van der Waals surface area contributed by atoms with Crippen LogP contribution in [0.3, 0.4) is 0 Å². The van der Waals surface area contributed by atoms with E-state index < -0.39 is 8.60 Å². The number of nitrogens with zero attached hydrogens (tertiary/aromatic N) is 1. The Labute approximate surface area is 215 Å². The van der Waals surface area contributed by atoms with Crippen molar-refractivity contribution in [2.45, 2.75) is 143 Å². The number of unbranched alkanes of at least 4 members (excludes halogenated alkanes) is 16. The van der Waals surface area contributed by atoms with E-state index in [0.717, 1.165) is 13.0 Å². The molecule has 0 radical (unpaired) electrons. The molecule has 1 N–H and O–H groups in total. The van der Waals surface area contributed by atoms with Gasteiger partial charge in [0.05, 0.1) is 13.2 Å². The molecule has 0 aromatic carbocycles. The number of hydrogen-bond acceptors (Lipinski definition) is 4. The van der Waals surface area contributed by atoms with Crippen molar-refractivity contribution in [2.24, 2.45) is 0 Å². The van der Waals surface area contributed by atoms with Crippen molar-refractivity contribution in [3.8, 4) is 0 Å². The summed E-state index contributed by atoms with van der Waals surface area (Å²) >= 11 is 0. The van der Waals surface area contributed by atoms with E-state index in [0.29, 0.717) is 13.2 Å². The van der Waals surface area contributed by atoms with Gasteiger partial charge in [0.25, 0.3) is 0 Å². The van der Waals surface area contributed by atoms with Crippen molar-refractivity contribution in [1.82, 2.24) is 4.90 Å². The first-order valence-electron chi connectivity index (χ1n) is 14.9. The molecule has 0 aromatic rings. The highest BCUT2D eigenvalue weighted by molar-refractivity contribution is 7.40. The van der Waals surface area contributed by atoms with Gasteiger partial charge in [-0.2, -0.15) is 0 Å². The summed E-state index contributed by atoms with van der Waals surface area (Å²) < 4.78 is 10.9. The van der Waals surface area contributed by atoms with Crippen LogP contribution < -0.4 is 0 Å². The molecule has 0 aliphatic rings. The maximum absolute atomic E-state index is 9.92. The highest BCUT2D eigenvalue weighted by atomic mass is 31.2. The van der Waals surface area contributed by atoms with Crippen molar-refractivity contribution in [2.75, 3.05) is 32.8 Å². The van der Waals surface area contributed by atoms with Crippen molar-refractivity contribution in [1.29, 1.82) is 0 Å². The monoisotopic (exact) mass is 501 g/mol. The largest absolute Gasteiger partial charge is 0.330 e. The average molecular weight is 502 g/mol. The normalized spacial score (nSPS) is 12.9. The molecule has 4 nitrogen and oxygen atoms in total. The summed E-state index contributed by atoms with van der Waals surface area (Å²) in [5.74, 6) is 0. The molecule has 5 heteroatoms. The van der Waals surface area contributed by atoms with Gasteiger partial charge in [0.2, 0.25) is 0 Å². The van der Waals surface area contributed by atoms with E-state index in [4.69, 9.17) is 9.05 Å². The lowest BCUT2D eigenvalue weighted by atomic mass is 10.1. The molecule has 0 rings (SSSR count). The van der Waals surface area contributed by atoms with Crippen LogP contribution in [-0.2, 0) is 9.05 Å². The van der Waals surface area contributed by atoms with Crippen LogP contribution >= 0.6 is 8.60 Å². The zero-order valence-corrected chi connectivity index (χ0v) is 24.2. The second-order valence-electron chi connectivity index (χ2n) is 9.80. The Morgan fingerprint density at radius 1 is 0.559 bits per heavy atom. The van der Waals surface area contributed by atoms with Crippen molar-refractivity contribution in [3.05, 3.63) is 12.2 Å². The minimum atomic E-state index is -1.74. The van der Waals surface area contributed by atoms with Crippen molar-refractivity contribution >= 4 is 8.60 Å². The molecular weight excluding hydrogens is 441 g/mol. The van der Waals surface area contributed by atoms with E-state index >= 15 is 0 Å². The van der Waals surface area contributed by atoms with Crippen LogP contribution in [0.5, 0.6) is 0 Å². The SMILES string of the molecule is CCCCCCCCCOP(O)OC/C=C\CN(CCCCCCCC)CCCCCCCC. The fraction of sp³-hybridized carbons (Fsp3) is 0.931. The summed E-state index contributed by atoms with van der Waals surface area (Å²) in [4.78, 5) is 12.5. The van der Waals surface area contributed by atoms with Crippen LogP contribution in [0.25, 0.3) is 0 Å². The van der Waals surface area contributed by atoms with Gasteiger partial charge in [-0.25, -0.2) is 0 Å². The quantitative estimate of drug-likeness (QED) is 0.0658. The van der Waals surface area contributed by atoms with E-state index in [1.807, 2.05) is 6.08 Å². The summed E-state index contributed by atoms with van der Waals surface area (Å²) in [6, 6.07) is 0. The summed E-state index contributed by atoms with van der Waals surface area (Å²) in [5, 5.41) is 0. The second-order valence-corrected chi connectivity index (χ2v) is 10.8. The lowest BCUT2D eigenvalue weighted by Gasteiger charge is -2.20. The predicted molar refractivity (Wildman–Crippen MR) is 151 cm³/mol. The Balaban J connectivity index is 3.93. The Bertz CT molecular complexity index is 393. The highest BCUT2D eigenvalue weighted by Gasteiger charge is 2.06. The molecule has 0 bridgehead atoms. The predicted octanol–water partition coefficient (Wildman–Crippen LogP) is 9.57. The van der Waals surface area contributed by atoms with Gasteiger partial charge >= 0.3 is 8.60 Å². The maximum Gasteiger partial charge on any atom is 0.330 e. The smallest absolute Gasteiger partial charge is 0.328 e. The van der Waals surface area contributed by atoms with Crippen LogP contribution in [0, 0.1) is 0 Å². The van der Waals surface area contributed by atoms with E-state index in [2.05, 4.69) is 31.7 Å². The van der Waals surface area contributed by atoms with Gasteiger partial charge in [0, 0.05) is 6.54 Å². The number of rotatable bonds is 28. The van der Waals surface area contributed by atoms with E-state index in [1.165, 1.54) is 129 Å². The summed E-state index contributed by atoms with van der Waals surface area (Å²) in [7, 11) is -1.74. The molecule has 34 heavy (non-hydrogen) atoms.